The highest BCUT2D eigenvalue weighted by molar-refractivity contribution is 5.19. The highest BCUT2D eigenvalue weighted by Gasteiger charge is 2.32. The molecule has 1 aromatic rings. The maximum atomic E-state index is 13.2. The van der Waals surface area contributed by atoms with Crippen LogP contribution in [0.2, 0.25) is 0 Å². The van der Waals surface area contributed by atoms with E-state index in [4.69, 9.17) is 15.2 Å². The second-order valence-electron chi connectivity index (χ2n) is 5.26. The molecule has 20 heavy (non-hydrogen) atoms. The number of ether oxygens (including phenoxy) is 2. The smallest absolute Gasteiger partial charge is 0.123 e. The summed E-state index contributed by atoms with van der Waals surface area (Å²) in [4.78, 5) is 2.28. The number of rotatable bonds is 6. The SMILES string of the molecule is COC1CN(CCC(N)c2cccc(F)c2)CC1OC. The zero-order valence-electron chi connectivity index (χ0n) is 12.1. The first-order valence-corrected chi connectivity index (χ1v) is 6.93. The van der Waals surface area contributed by atoms with E-state index in [9.17, 15) is 4.39 Å². The first kappa shape index (κ1) is 15.4. The van der Waals surface area contributed by atoms with Crippen LogP contribution in [0.15, 0.2) is 24.3 Å². The fraction of sp³-hybridized carbons (Fsp3) is 0.600. The van der Waals surface area contributed by atoms with Crippen LogP contribution in [0.25, 0.3) is 0 Å². The summed E-state index contributed by atoms with van der Waals surface area (Å²) < 4.78 is 24.0. The molecule has 1 aliphatic heterocycles. The van der Waals surface area contributed by atoms with Crippen molar-refractivity contribution >= 4 is 0 Å². The van der Waals surface area contributed by atoms with Crippen LogP contribution in [-0.4, -0.2) is 51.0 Å². The zero-order valence-corrected chi connectivity index (χ0v) is 12.1. The van der Waals surface area contributed by atoms with Crippen molar-refractivity contribution in [1.82, 2.24) is 4.90 Å². The van der Waals surface area contributed by atoms with E-state index in [1.54, 1.807) is 20.3 Å². The van der Waals surface area contributed by atoms with Crippen LogP contribution in [0.5, 0.6) is 0 Å². The summed E-state index contributed by atoms with van der Waals surface area (Å²) in [6.45, 7) is 2.56. The van der Waals surface area contributed by atoms with Crippen molar-refractivity contribution in [1.29, 1.82) is 0 Å². The maximum Gasteiger partial charge on any atom is 0.123 e. The fourth-order valence-corrected chi connectivity index (χ4v) is 2.68. The number of nitrogens with two attached hydrogens (primary N) is 1. The predicted octanol–water partition coefficient (Wildman–Crippen LogP) is 1.56. The Kier molecular flexibility index (Phi) is 5.48. The molecular formula is C15H23FN2O2. The minimum atomic E-state index is -0.238. The molecule has 2 N–H and O–H groups in total. The maximum absolute atomic E-state index is 13.2. The van der Waals surface area contributed by atoms with E-state index in [-0.39, 0.29) is 24.1 Å². The summed E-state index contributed by atoms with van der Waals surface area (Å²) in [5.74, 6) is -0.238. The Morgan fingerprint density at radius 1 is 1.30 bits per heavy atom. The predicted molar refractivity (Wildman–Crippen MR) is 76.0 cm³/mol. The minimum absolute atomic E-state index is 0.116. The van der Waals surface area contributed by atoms with Gasteiger partial charge in [-0.05, 0) is 24.1 Å². The Hall–Kier alpha value is -1.01. The van der Waals surface area contributed by atoms with Crippen LogP contribution < -0.4 is 5.73 Å². The van der Waals surface area contributed by atoms with Gasteiger partial charge in [-0.3, -0.25) is 4.90 Å². The van der Waals surface area contributed by atoms with E-state index in [0.717, 1.165) is 31.6 Å². The Balaban J connectivity index is 1.84. The van der Waals surface area contributed by atoms with E-state index < -0.39 is 0 Å². The Labute approximate surface area is 119 Å². The van der Waals surface area contributed by atoms with Crippen molar-refractivity contribution < 1.29 is 13.9 Å². The van der Waals surface area contributed by atoms with Gasteiger partial charge < -0.3 is 15.2 Å². The van der Waals surface area contributed by atoms with Crippen LogP contribution in [0, 0.1) is 5.82 Å². The van der Waals surface area contributed by atoms with Gasteiger partial charge in [0, 0.05) is 39.9 Å². The minimum Gasteiger partial charge on any atom is -0.377 e. The molecule has 2 rings (SSSR count). The summed E-state index contributed by atoms with van der Waals surface area (Å²) in [5, 5.41) is 0. The number of halogens is 1. The number of likely N-dealkylation sites (tertiary alicyclic amines) is 1. The third kappa shape index (κ3) is 3.76. The van der Waals surface area contributed by atoms with Crippen LogP contribution in [0.4, 0.5) is 4.39 Å². The van der Waals surface area contributed by atoms with E-state index >= 15 is 0 Å². The molecule has 1 saturated heterocycles. The summed E-state index contributed by atoms with van der Waals surface area (Å²) in [5.41, 5.74) is 6.96. The van der Waals surface area contributed by atoms with Gasteiger partial charge in [0.2, 0.25) is 0 Å². The van der Waals surface area contributed by atoms with Crippen molar-refractivity contribution in [3.05, 3.63) is 35.6 Å². The summed E-state index contributed by atoms with van der Waals surface area (Å²) in [7, 11) is 3.41. The second-order valence-corrected chi connectivity index (χ2v) is 5.26. The molecule has 0 bridgehead atoms. The average molecular weight is 282 g/mol. The van der Waals surface area contributed by atoms with Gasteiger partial charge >= 0.3 is 0 Å². The monoisotopic (exact) mass is 282 g/mol. The topological polar surface area (TPSA) is 47.7 Å². The molecule has 1 heterocycles. The van der Waals surface area contributed by atoms with Gasteiger partial charge in [-0.15, -0.1) is 0 Å². The molecule has 1 aliphatic rings. The summed E-state index contributed by atoms with van der Waals surface area (Å²) >= 11 is 0. The molecule has 0 spiro atoms. The molecule has 112 valence electrons. The fourth-order valence-electron chi connectivity index (χ4n) is 2.68. The molecule has 0 radical (unpaired) electrons. The highest BCUT2D eigenvalue weighted by atomic mass is 19.1. The van der Waals surface area contributed by atoms with Crippen molar-refractivity contribution in [2.75, 3.05) is 33.9 Å². The standard InChI is InChI=1S/C15H23FN2O2/c1-19-14-9-18(10-15(14)20-2)7-6-13(17)11-4-3-5-12(16)8-11/h3-5,8,13-15H,6-7,9-10,17H2,1-2H3. The molecule has 1 fully saturated rings. The van der Waals surface area contributed by atoms with E-state index in [1.165, 1.54) is 12.1 Å². The molecular weight excluding hydrogens is 259 g/mol. The lowest BCUT2D eigenvalue weighted by molar-refractivity contribution is -0.00461. The number of nitrogens with zero attached hydrogens (tertiary/aromatic N) is 1. The van der Waals surface area contributed by atoms with Crippen LogP contribution in [0.3, 0.4) is 0 Å². The van der Waals surface area contributed by atoms with E-state index in [2.05, 4.69) is 4.90 Å². The molecule has 3 unspecified atom stereocenters. The van der Waals surface area contributed by atoms with E-state index in [1.807, 2.05) is 6.07 Å². The zero-order chi connectivity index (χ0) is 14.5. The van der Waals surface area contributed by atoms with Gasteiger partial charge in [0.15, 0.2) is 0 Å². The lowest BCUT2D eigenvalue weighted by atomic mass is 10.0. The van der Waals surface area contributed by atoms with E-state index in [0.29, 0.717) is 0 Å². The number of hydrogen-bond acceptors (Lipinski definition) is 4. The first-order valence-electron chi connectivity index (χ1n) is 6.93. The van der Waals surface area contributed by atoms with Crippen LogP contribution in [-0.2, 0) is 9.47 Å². The number of methoxy groups -OCH3 is 2. The van der Waals surface area contributed by atoms with Gasteiger partial charge in [0.25, 0.3) is 0 Å². The van der Waals surface area contributed by atoms with Crippen molar-refractivity contribution in [2.24, 2.45) is 5.73 Å². The second kappa shape index (κ2) is 7.13. The molecule has 0 saturated carbocycles. The van der Waals surface area contributed by atoms with Crippen molar-refractivity contribution in [3.8, 4) is 0 Å². The molecule has 1 aromatic carbocycles. The van der Waals surface area contributed by atoms with Gasteiger partial charge in [0.05, 0.1) is 12.2 Å². The van der Waals surface area contributed by atoms with Crippen LogP contribution in [0.1, 0.15) is 18.0 Å². The van der Waals surface area contributed by atoms with Gasteiger partial charge in [-0.25, -0.2) is 4.39 Å². The molecule has 3 atom stereocenters. The van der Waals surface area contributed by atoms with Gasteiger partial charge in [0.1, 0.15) is 5.82 Å². The molecule has 0 aliphatic carbocycles. The Bertz CT molecular complexity index is 418. The lowest BCUT2D eigenvalue weighted by Gasteiger charge is -2.18. The molecule has 4 nitrogen and oxygen atoms in total. The van der Waals surface area contributed by atoms with Crippen molar-refractivity contribution in [2.45, 2.75) is 24.7 Å². The third-order valence-corrected chi connectivity index (χ3v) is 3.93. The summed E-state index contributed by atoms with van der Waals surface area (Å²) in [6, 6.07) is 6.36. The number of hydrogen-bond donors (Lipinski definition) is 1. The number of benzene rings is 1. The van der Waals surface area contributed by atoms with Crippen LogP contribution >= 0.6 is 0 Å². The average Bonchev–Trinajstić information content (AvgIpc) is 2.87. The quantitative estimate of drug-likeness (QED) is 0.860. The largest absolute Gasteiger partial charge is 0.377 e. The Morgan fingerprint density at radius 3 is 2.50 bits per heavy atom. The highest BCUT2D eigenvalue weighted by Crippen LogP contribution is 2.19. The lowest BCUT2D eigenvalue weighted by Crippen LogP contribution is -2.27. The molecule has 0 amide bonds. The molecule has 0 aromatic heterocycles. The Morgan fingerprint density at radius 2 is 1.95 bits per heavy atom. The molecule has 5 heteroatoms. The van der Waals surface area contributed by atoms with Crippen molar-refractivity contribution in [3.63, 3.8) is 0 Å². The summed E-state index contributed by atoms with van der Waals surface area (Å²) in [6.07, 6.45) is 1.02. The third-order valence-electron chi connectivity index (χ3n) is 3.93. The van der Waals surface area contributed by atoms with Gasteiger partial charge in [-0.1, -0.05) is 12.1 Å². The first-order chi connectivity index (χ1) is 9.63. The van der Waals surface area contributed by atoms with Gasteiger partial charge in [-0.2, -0.15) is 0 Å². The normalized spacial score (nSPS) is 25.0.